The van der Waals surface area contributed by atoms with E-state index in [4.69, 9.17) is 5.73 Å². The molecule has 2 aromatic heterocycles. The van der Waals surface area contributed by atoms with Crippen molar-refractivity contribution in [3.05, 3.63) is 102 Å². The zero-order chi connectivity index (χ0) is 23.1. The Morgan fingerprint density at radius 2 is 1.76 bits per heavy atom. The number of aryl methyl sites for hydroxylation is 1. The fraction of sp³-hybridized carbons (Fsp3) is 0.0769. The van der Waals surface area contributed by atoms with Gasteiger partial charge in [0.2, 0.25) is 0 Å². The van der Waals surface area contributed by atoms with E-state index in [2.05, 4.69) is 9.67 Å². The van der Waals surface area contributed by atoms with Crippen LogP contribution in [0, 0.1) is 12.7 Å². The molecule has 1 amide bonds. The van der Waals surface area contributed by atoms with Crippen molar-refractivity contribution in [2.24, 2.45) is 5.73 Å². The van der Waals surface area contributed by atoms with Crippen molar-refractivity contribution in [1.29, 1.82) is 0 Å². The Morgan fingerprint density at radius 3 is 2.45 bits per heavy atom. The van der Waals surface area contributed by atoms with E-state index in [9.17, 15) is 14.3 Å². The molecule has 5 rings (SSSR count). The van der Waals surface area contributed by atoms with Crippen molar-refractivity contribution >= 4 is 16.8 Å². The number of amides is 1. The number of fused-ring (bicyclic) bond motifs is 1. The van der Waals surface area contributed by atoms with Gasteiger partial charge in [0.05, 0.1) is 5.69 Å². The lowest BCUT2D eigenvalue weighted by molar-refractivity contribution is 0.0995. The molecule has 0 bridgehead atoms. The number of phenols is 1. The third kappa shape index (κ3) is 3.85. The van der Waals surface area contributed by atoms with Crippen molar-refractivity contribution in [3.63, 3.8) is 0 Å². The quantitative estimate of drug-likeness (QED) is 0.412. The Kier molecular flexibility index (Phi) is 4.94. The van der Waals surface area contributed by atoms with Gasteiger partial charge in [-0.2, -0.15) is 5.10 Å². The Hall–Kier alpha value is -4.39. The molecule has 6 nitrogen and oxygen atoms in total. The predicted molar refractivity (Wildman–Crippen MR) is 125 cm³/mol. The number of halogens is 1. The number of primary amides is 1. The lowest BCUT2D eigenvalue weighted by Gasteiger charge is -2.09. The standard InChI is InChI=1S/C26H21FN4O2/c1-16-12-23(26(28)33)29-31(16)21-7-8-24-20(13-21)10-11-30(24)15-17-2-4-18(5-3-17)19-6-9-25(32)22(27)14-19/h2-14,32H,15H2,1H3,(H2,28,33). The smallest absolute Gasteiger partial charge is 0.269 e. The van der Waals surface area contributed by atoms with E-state index in [1.165, 1.54) is 12.1 Å². The van der Waals surface area contributed by atoms with Gasteiger partial charge in [-0.25, -0.2) is 9.07 Å². The summed E-state index contributed by atoms with van der Waals surface area (Å²) in [5.41, 5.74) is 11.0. The number of hydrogen-bond donors (Lipinski definition) is 2. The summed E-state index contributed by atoms with van der Waals surface area (Å²) in [6.07, 6.45) is 2.03. The van der Waals surface area contributed by atoms with E-state index in [1.54, 1.807) is 16.8 Å². The molecular formula is C26H21FN4O2. The predicted octanol–water partition coefficient (Wildman–Crippen LogP) is 4.79. The lowest BCUT2D eigenvalue weighted by atomic mass is 10.0. The maximum Gasteiger partial charge on any atom is 0.269 e. The zero-order valence-electron chi connectivity index (χ0n) is 17.9. The van der Waals surface area contributed by atoms with Crippen molar-refractivity contribution in [2.75, 3.05) is 0 Å². The van der Waals surface area contributed by atoms with Gasteiger partial charge in [-0.1, -0.05) is 30.3 Å². The van der Waals surface area contributed by atoms with Crippen LogP contribution in [0.5, 0.6) is 5.75 Å². The fourth-order valence-electron chi connectivity index (χ4n) is 4.00. The third-order valence-electron chi connectivity index (χ3n) is 5.73. The highest BCUT2D eigenvalue weighted by Gasteiger charge is 2.12. The highest BCUT2D eigenvalue weighted by atomic mass is 19.1. The lowest BCUT2D eigenvalue weighted by Crippen LogP contribution is -2.12. The highest BCUT2D eigenvalue weighted by molar-refractivity contribution is 5.91. The first-order valence-electron chi connectivity index (χ1n) is 10.4. The fourth-order valence-corrected chi connectivity index (χ4v) is 4.00. The van der Waals surface area contributed by atoms with Crippen molar-refractivity contribution in [3.8, 4) is 22.6 Å². The van der Waals surface area contributed by atoms with Crippen LogP contribution in [0.2, 0.25) is 0 Å². The minimum absolute atomic E-state index is 0.239. The SMILES string of the molecule is Cc1cc(C(N)=O)nn1-c1ccc2c(ccn2Cc2ccc(-c3ccc(O)c(F)c3)cc2)c1. The monoisotopic (exact) mass is 440 g/mol. The molecule has 0 radical (unpaired) electrons. The molecule has 0 saturated carbocycles. The van der Waals surface area contributed by atoms with Crippen LogP contribution in [0.3, 0.4) is 0 Å². The second-order valence-corrected chi connectivity index (χ2v) is 8.00. The van der Waals surface area contributed by atoms with Crippen molar-refractivity contribution in [1.82, 2.24) is 14.3 Å². The molecule has 0 saturated heterocycles. The van der Waals surface area contributed by atoms with Crippen LogP contribution in [0.25, 0.3) is 27.7 Å². The minimum atomic E-state index is -0.633. The van der Waals surface area contributed by atoms with Crippen LogP contribution in [-0.4, -0.2) is 25.4 Å². The number of benzene rings is 3. The van der Waals surface area contributed by atoms with E-state index >= 15 is 0 Å². The molecule has 3 aromatic carbocycles. The van der Waals surface area contributed by atoms with Crippen molar-refractivity contribution < 1.29 is 14.3 Å². The molecule has 0 aliphatic heterocycles. The highest BCUT2D eigenvalue weighted by Crippen LogP contribution is 2.26. The van der Waals surface area contributed by atoms with Gasteiger partial charge in [-0.3, -0.25) is 4.79 Å². The molecule has 33 heavy (non-hydrogen) atoms. The number of aromatic hydroxyl groups is 1. The molecule has 5 aromatic rings. The largest absolute Gasteiger partial charge is 0.505 e. The summed E-state index contributed by atoms with van der Waals surface area (Å²) in [6, 6.07) is 22.0. The summed E-state index contributed by atoms with van der Waals surface area (Å²) in [4.78, 5) is 11.4. The number of carbonyl (C=O) groups is 1. The Bertz CT molecular complexity index is 1500. The zero-order valence-corrected chi connectivity index (χ0v) is 17.9. The van der Waals surface area contributed by atoms with Gasteiger partial charge in [0.1, 0.15) is 0 Å². The van der Waals surface area contributed by atoms with Gasteiger partial charge in [0, 0.05) is 29.3 Å². The van der Waals surface area contributed by atoms with Crippen LogP contribution >= 0.6 is 0 Å². The molecule has 0 aliphatic rings. The first kappa shape index (κ1) is 20.5. The summed E-state index contributed by atoms with van der Waals surface area (Å²) in [7, 11) is 0. The molecule has 0 spiro atoms. The van der Waals surface area contributed by atoms with E-state index in [-0.39, 0.29) is 11.4 Å². The molecule has 0 atom stereocenters. The van der Waals surface area contributed by atoms with E-state index in [1.807, 2.05) is 61.7 Å². The first-order chi connectivity index (χ1) is 15.9. The van der Waals surface area contributed by atoms with Gasteiger partial charge in [-0.05, 0) is 66.1 Å². The second-order valence-electron chi connectivity index (χ2n) is 8.00. The van der Waals surface area contributed by atoms with Crippen LogP contribution in [-0.2, 0) is 6.54 Å². The minimum Gasteiger partial charge on any atom is -0.505 e. The maximum atomic E-state index is 13.7. The molecule has 2 heterocycles. The van der Waals surface area contributed by atoms with Gasteiger partial charge < -0.3 is 15.4 Å². The summed E-state index contributed by atoms with van der Waals surface area (Å²) >= 11 is 0. The number of nitrogens with two attached hydrogens (primary N) is 1. The molecule has 7 heteroatoms. The summed E-state index contributed by atoms with van der Waals surface area (Å²) in [6.45, 7) is 2.56. The van der Waals surface area contributed by atoms with Crippen LogP contribution in [0.15, 0.2) is 79.0 Å². The van der Waals surface area contributed by atoms with Gasteiger partial charge in [0.15, 0.2) is 17.3 Å². The Labute approximate surface area is 189 Å². The van der Waals surface area contributed by atoms with Crippen LogP contribution in [0.1, 0.15) is 21.7 Å². The average molecular weight is 440 g/mol. The molecule has 164 valence electrons. The molecular weight excluding hydrogens is 419 g/mol. The Morgan fingerprint density at radius 1 is 1.00 bits per heavy atom. The molecule has 0 fully saturated rings. The number of rotatable bonds is 5. The topological polar surface area (TPSA) is 86.1 Å². The molecule has 3 N–H and O–H groups in total. The Balaban J connectivity index is 1.39. The number of carbonyl (C=O) groups excluding carboxylic acids is 1. The van der Waals surface area contributed by atoms with Crippen molar-refractivity contribution in [2.45, 2.75) is 13.5 Å². The maximum absolute atomic E-state index is 13.7. The summed E-state index contributed by atoms with van der Waals surface area (Å²) in [5.74, 6) is -1.54. The molecule has 0 unspecified atom stereocenters. The van der Waals surface area contributed by atoms with Gasteiger partial charge >= 0.3 is 0 Å². The van der Waals surface area contributed by atoms with Gasteiger partial charge in [0.25, 0.3) is 5.91 Å². The number of phenolic OH excluding ortho intramolecular Hbond substituents is 1. The van der Waals surface area contributed by atoms with Crippen LogP contribution < -0.4 is 5.73 Å². The third-order valence-corrected chi connectivity index (χ3v) is 5.73. The summed E-state index contributed by atoms with van der Waals surface area (Å²) in [5, 5.41) is 14.7. The number of aromatic nitrogens is 3. The van der Waals surface area contributed by atoms with E-state index in [0.717, 1.165) is 33.4 Å². The van der Waals surface area contributed by atoms with E-state index in [0.29, 0.717) is 12.1 Å². The number of hydrogen-bond acceptors (Lipinski definition) is 3. The van der Waals surface area contributed by atoms with E-state index < -0.39 is 11.7 Å². The van der Waals surface area contributed by atoms with Gasteiger partial charge in [-0.15, -0.1) is 0 Å². The first-order valence-corrected chi connectivity index (χ1v) is 10.4. The average Bonchev–Trinajstić information content (AvgIpc) is 3.39. The molecule has 0 aliphatic carbocycles. The second kappa shape index (κ2) is 7.94. The normalized spacial score (nSPS) is 11.2. The van der Waals surface area contributed by atoms with Crippen LogP contribution in [0.4, 0.5) is 4.39 Å². The number of nitrogens with zero attached hydrogens (tertiary/aromatic N) is 3. The summed E-state index contributed by atoms with van der Waals surface area (Å²) < 4.78 is 17.5.